The number of sulfone groups is 1. The SMILES string of the molecule is O=C(NC1CS(=O)(=O)C1)c1ccc(C2=NOC(c3cc(Cl)c(F)c(Cl)c3)(C(F)(F)F)C2)c2c1SCC2. The van der Waals surface area contributed by atoms with Crippen LogP contribution in [0.1, 0.15) is 33.5 Å². The van der Waals surface area contributed by atoms with E-state index < -0.39 is 61.4 Å². The molecule has 0 radical (unpaired) electrons. The zero-order valence-electron chi connectivity index (χ0n) is 18.1. The molecule has 6 nitrogen and oxygen atoms in total. The van der Waals surface area contributed by atoms with Crippen LogP contribution in [0.25, 0.3) is 0 Å². The molecule has 0 aliphatic carbocycles. The van der Waals surface area contributed by atoms with E-state index in [4.69, 9.17) is 28.0 Å². The van der Waals surface area contributed by atoms with Crippen LogP contribution in [-0.2, 0) is 26.7 Å². The van der Waals surface area contributed by atoms with E-state index in [9.17, 15) is 30.8 Å². The van der Waals surface area contributed by atoms with E-state index in [2.05, 4.69) is 10.5 Å². The smallest absolute Gasteiger partial charge is 0.374 e. The monoisotopic (exact) mass is 582 g/mol. The van der Waals surface area contributed by atoms with E-state index in [0.29, 0.717) is 33.8 Å². The molecule has 192 valence electrons. The maximum absolute atomic E-state index is 14.3. The first-order valence-corrected chi connectivity index (χ1v) is 14.1. The summed E-state index contributed by atoms with van der Waals surface area (Å²) in [5, 5.41) is 5.29. The molecule has 0 spiro atoms. The number of nitrogens with zero attached hydrogens (tertiary/aromatic N) is 1. The molecular weight excluding hydrogens is 567 g/mol. The van der Waals surface area contributed by atoms with Crippen LogP contribution >= 0.6 is 35.0 Å². The molecule has 36 heavy (non-hydrogen) atoms. The highest BCUT2D eigenvalue weighted by Crippen LogP contribution is 2.51. The van der Waals surface area contributed by atoms with Gasteiger partial charge in [-0.25, -0.2) is 12.8 Å². The lowest BCUT2D eigenvalue weighted by atomic mass is 9.85. The van der Waals surface area contributed by atoms with E-state index in [1.165, 1.54) is 23.9 Å². The predicted octanol–water partition coefficient (Wildman–Crippen LogP) is 4.89. The Morgan fingerprint density at radius 3 is 2.47 bits per heavy atom. The summed E-state index contributed by atoms with van der Waals surface area (Å²) < 4.78 is 79.6. The van der Waals surface area contributed by atoms with Crippen molar-refractivity contribution in [3.8, 4) is 0 Å². The van der Waals surface area contributed by atoms with Crippen molar-refractivity contribution in [3.63, 3.8) is 0 Å². The van der Waals surface area contributed by atoms with Gasteiger partial charge in [-0.05, 0) is 30.2 Å². The largest absolute Gasteiger partial charge is 0.435 e. The number of fused-ring (bicyclic) bond motifs is 1. The van der Waals surface area contributed by atoms with Gasteiger partial charge in [-0.3, -0.25) is 4.79 Å². The fourth-order valence-electron chi connectivity index (χ4n) is 4.49. The topological polar surface area (TPSA) is 84.8 Å². The second kappa shape index (κ2) is 8.78. The van der Waals surface area contributed by atoms with E-state index in [0.717, 1.165) is 12.1 Å². The number of alkyl halides is 3. The Morgan fingerprint density at radius 1 is 1.19 bits per heavy atom. The van der Waals surface area contributed by atoms with Crippen molar-refractivity contribution < 1.29 is 35.6 Å². The van der Waals surface area contributed by atoms with Gasteiger partial charge in [-0.15, -0.1) is 11.8 Å². The third-order valence-corrected chi connectivity index (χ3v) is 9.83. The summed E-state index contributed by atoms with van der Waals surface area (Å²) in [6.45, 7) is 0. The molecule has 1 atom stereocenters. The minimum absolute atomic E-state index is 0.0136. The highest BCUT2D eigenvalue weighted by molar-refractivity contribution is 7.99. The molecule has 1 saturated heterocycles. The first-order valence-electron chi connectivity index (χ1n) is 10.6. The first kappa shape index (κ1) is 25.6. The summed E-state index contributed by atoms with van der Waals surface area (Å²) in [5.74, 6) is -1.14. The number of benzene rings is 2. The Hall–Kier alpha value is -2.02. The Balaban J connectivity index is 1.47. The molecule has 0 bridgehead atoms. The maximum atomic E-state index is 14.3. The fourth-order valence-corrected chi connectivity index (χ4v) is 7.49. The van der Waals surface area contributed by atoms with Crippen LogP contribution in [0, 0.1) is 5.82 Å². The second-order valence-corrected chi connectivity index (χ2v) is 12.8. The molecule has 1 unspecified atom stereocenters. The third-order valence-electron chi connectivity index (χ3n) is 6.30. The molecule has 3 aliphatic heterocycles. The molecule has 1 amide bonds. The van der Waals surface area contributed by atoms with Gasteiger partial charge in [0.05, 0.1) is 38.9 Å². The van der Waals surface area contributed by atoms with Crippen molar-refractivity contribution in [2.45, 2.75) is 35.6 Å². The number of carbonyl (C=O) groups is 1. The predicted molar refractivity (Wildman–Crippen MR) is 127 cm³/mol. The molecule has 14 heteroatoms. The summed E-state index contributed by atoms with van der Waals surface area (Å²) in [6.07, 6.45) is -5.17. The van der Waals surface area contributed by atoms with Crippen molar-refractivity contribution >= 4 is 56.4 Å². The van der Waals surface area contributed by atoms with Gasteiger partial charge in [0, 0.05) is 28.2 Å². The fraction of sp³-hybridized carbons (Fsp3) is 0.364. The van der Waals surface area contributed by atoms with Crippen molar-refractivity contribution in [1.29, 1.82) is 0 Å². The molecular formula is C22H16Cl2F4N2O4S2. The molecule has 1 fully saturated rings. The van der Waals surface area contributed by atoms with Gasteiger partial charge < -0.3 is 10.2 Å². The normalized spacial score (nSPS) is 23.0. The number of hydrogen-bond donors (Lipinski definition) is 1. The van der Waals surface area contributed by atoms with Crippen LogP contribution in [0.5, 0.6) is 0 Å². The summed E-state index contributed by atoms with van der Waals surface area (Å²) in [4.78, 5) is 18.4. The number of halogens is 6. The number of hydrogen-bond acceptors (Lipinski definition) is 6. The van der Waals surface area contributed by atoms with E-state index >= 15 is 0 Å². The number of thioether (sulfide) groups is 1. The van der Waals surface area contributed by atoms with Gasteiger partial charge >= 0.3 is 6.18 Å². The average molecular weight is 583 g/mol. The average Bonchev–Trinajstić information content (AvgIpc) is 3.43. The van der Waals surface area contributed by atoms with Crippen molar-refractivity contribution in [2.24, 2.45) is 5.16 Å². The molecule has 5 rings (SSSR count). The number of nitrogens with one attached hydrogen (secondary N) is 1. The molecule has 2 aromatic carbocycles. The number of oxime groups is 1. The highest BCUT2D eigenvalue weighted by atomic mass is 35.5. The molecule has 3 aliphatic rings. The maximum Gasteiger partial charge on any atom is 0.435 e. The van der Waals surface area contributed by atoms with Crippen molar-refractivity contribution in [2.75, 3.05) is 17.3 Å². The Labute approximate surface area is 217 Å². The molecule has 1 N–H and O–H groups in total. The first-order chi connectivity index (χ1) is 16.8. The molecule has 0 saturated carbocycles. The molecule has 2 aromatic rings. The summed E-state index contributed by atoms with van der Waals surface area (Å²) in [5.41, 5.74) is -2.01. The van der Waals surface area contributed by atoms with Gasteiger partial charge in [0.25, 0.3) is 11.5 Å². The quantitative estimate of drug-likeness (QED) is 0.410. The number of rotatable bonds is 4. The van der Waals surface area contributed by atoms with Crippen LogP contribution in [-0.4, -0.2) is 49.5 Å². The van der Waals surface area contributed by atoms with Crippen LogP contribution in [0.15, 0.2) is 34.3 Å². The second-order valence-electron chi connectivity index (χ2n) is 8.70. The highest BCUT2D eigenvalue weighted by Gasteiger charge is 2.62. The zero-order valence-corrected chi connectivity index (χ0v) is 21.2. The summed E-state index contributed by atoms with van der Waals surface area (Å²) in [6, 6.07) is 4.16. The minimum atomic E-state index is -4.94. The lowest BCUT2D eigenvalue weighted by Crippen LogP contribution is -2.53. The lowest BCUT2D eigenvalue weighted by molar-refractivity contribution is -0.275. The third kappa shape index (κ3) is 4.25. The Morgan fingerprint density at radius 2 is 1.86 bits per heavy atom. The van der Waals surface area contributed by atoms with Crippen LogP contribution < -0.4 is 5.32 Å². The number of amides is 1. The standard InChI is InChI=1S/C22H16Cl2F4N2O4S2/c23-15-5-10(6-16(24)18(15)25)21(22(26,27)28)7-17(30-34-21)12-1-2-14(19-13(12)3-4-35-19)20(31)29-11-8-36(32,33)9-11/h1-2,5-6,11H,3-4,7-9H2,(H,29,31). The van der Waals surface area contributed by atoms with E-state index in [1.54, 1.807) is 0 Å². The van der Waals surface area contributed by atoms with E-state index in [-0.39, 0.29) is 17.2 Å². The lowest BCUT2D eigenvalue weighted by Gasteiger charge is -2.30. The number of carbonyl (C=O) groups excluding carboxylic acids is 1. The van der Waals surface area contributed by atoms with Gasteiger partial charge in [0.2, 0.25) is 0 Å². The zero-order chi connectivity index (χ0) is 26.0. The summed E-state index contributed by atoms with van der Waals surface area (Å²) >= 11 is 12.9. The van der Waals surface area contributed by atoms with Crippen LogP contribution in [0.2, 0.25) is 10.0 Å². The van der Waals surface area contributed by atoms with Gasteiger partial charge in [-0.1, -0.05) is 34.4 Å². The Bertz CT molecular complexity index is 1400. The van der Waals surface area contributed by atoms with Gasteiger partial charge in [-0.2, -0.15) is 13.2 Å². The van der Waals surface area contributed by atoms with Crippen LogP contribution in [0.4, 0.5) is 17.6 Å². The minimum Gasteiger partial charge on any atom is -0.374 e. The summed E-state index contributed by atoms with van der Waals surface area (Å²) in [7, 11) is -3.12. The van der Waals surface area contributed by atoms with Crippen molar-refractivity contribution in [1.82, 2.24) is 5.32 Å². The van der Waals surface area contributed by atoms with Crippen LogP contribution in [0.3, 0.4) is 0 Å². The Kier molecular flexibility index (Phi) is 6.25. The van der Waals surface area contributed by atoms with Gasteiger partial charge in [0.15, 0.2) is 15.7 Å². The molecule has 3 heterocycles. The molecule has 0 aromatic heterocycles. The van der Waals surface area contributed by atoms with Crippen molar-refractivity contribution in [3.05, 3.63) is 62.4 Å². The van der Waals surface area contributed by atoms with Gasteiger partial charge in [0.1, 0.15) is 0 Å². The van der Waals surface area contributed by atoms with E-state index in [1.807, 2.05) is 0 Å².